The zero-order valence-corrected chi connectivity index (χ0v) is 16.3. The number of piperidine rings is 1. The quantitative estimate of drug-likeness (QED) is 0.852. The van der Waals surface area contributed by atoms with Crippen molar-refractivity contribution < 1.29 is 9.59 Å². The number of benzene rings is 2. The minimum Gasteiger partial charge on any atom is -0.369 e. The average molecular weight is 402 g/mol. The van der Waals surface area contributed by atoms with Gasteiger partial charge < -0.3 is 5.73 Å². The van der Waals surface area contributed by atoms with Gasteiger partial charge in [-0.2, -0.15) is 0 Å². The Hall–Kier alpha value is -2.02. The van der Waals surface area contributed by atoms with E-state index in [1.807, 2.05) is 47.4 Å². The number of primary amides is 1. The van der Waals surface area contributed by atoms with Crippen LogP contribution >= 0.6 is 23.4 Å². The van der Waals surface area contributed by atoms with Gasteiger partial charge in [0, 0.05) is 21.4 Å². The van der Waals surface area contributed by atoms with E-state index in [-0.39, 0.29) is 24.3 Å². The number of hydrogen-bond donors (Lipinski definition) is 1. The van der Waals surface area contributed by atoms with Crippen molar-refractivity contribution in [3.8, 4) is 0 Å². The number of hydrogen-bond acceptors (Lipinski definition) is 4. The topological polar surface area (TPSA) is 66.6 Å². The van der Waals surface area contributed by atoms with Crippen molar-refractivity contribution in [1.82, 2.24) is 4.90 Å². The second kappa shape index (κ2) is 7.54. The first-order chi connectivity index (χ1) is 13.0. The molecule has 2 aliphatic rings. The summed E-state index contributed by atoms with van der Waals surface area (Å²) < 4.78 is 0. The zero-order valence-electron chi connectivity index (χ0n) is 14.7. The Bertz CT molecular complexity index is 905. The molecule has 0 radical (unpaired) electrons. The number of nitrogens with zero attached hydrogens (tertiary/aromatic N) is 2. The fourth-order valence-electron chi connectivity index (χ4n) is 3.69. The molecule has 2 heterocycles. The van der Waals surface area contributed by atoms with Gasteiger partial charge in [0.1, 0.15) is 0 Å². The molecule has 1 atom stereocenters. The highest BCUT2D eigenvalue weighted by Crippen LogP contribution is 2.48. The van der Waals surface area contributed by atoms with Gasteiger partial charge in [-0.1, -0.05) is 35.5 Å². The van der Waals surface area contributed by atoms with Crippen LogP contribution in [-0.4, -0.2) is 36.3 Å². The number of rotatable bonds is 3. The number of para-hydroxylation sites is 1. The van der Waals surface area contributed by atoms with Gasteiger partial charge in [-0.25, -0.2) is 0 Å². The van der Waals surface area contributed by atoms with E-state index in [1.165, 1.54) is 0 Å². The highest BCUT2D eigenvalue weighted by atomic mass is 35.5. The summed E-state index contributed by atoms with van der Waals surface area (Å²) in [6, 6.07) is 13.5. The molecule has 140 valence electrons. The lowest BCUT2D eigenvalue weighted by atomic mass is 9.97. The van der Waals surface area contributed by atoms with Crippen LogP contribution in [0.3, 0.4) is 0 Å². The number of amides is 2. The van der Waals surface area contributed by atoms with Crippen molar-refractivity contribution in [3.63, 3.8) is 0 Å². The molecular weight excluding hydrogens is 382 g/mol. The molecule has 0 aromatic heterocycles. The molecule has 2 amide bonds. The number of carbonyl (C=O) groups excluding carboxylic acids is 2. The Kier molecular flexibility index (Phi) is 5.12. The normalized spacial score (nSPS) is 19.3. The molecule has 1 fully saturated rings. The fraction of sp³-hybridized carbons (Fsp3) is 0.300. The van der Waals surface area contributed by atoms with Gasteiger partial charge >= 0.3 is 0 Å². The molecule has 0 saturated carbocycles. The molecule has 0 unspecified atom stereocenters. The lowest BCUT2D eigenvalue weighted by molar-refractivity contribution is -0.125. The molecule has 2 aromatic carbocycles. The summed E-state index contributed by atoms with van der Waals surface area (Å²) in [6.45, 7) is 1.57. The predicted molar refractivity (Wildman–Crippen MR) is 108 cm³/mol. The predicted octanol–water partition coefficient (Wildman–Crippen LogP) is 3.67. The number of nitrogens with two attached hydrogens (primary N) is 1. The molecule has 0 bridgehead atoms. The Balaban J connectivity index is 1.63. The van der Waals surface area contributed by atoms with E-state index < -0.39 is 0 Å². The van der Waals surface area contributed by atoms with Crippen LogP contribution in [0.5, 0.6) is 0 Å². The first kappa shape index (κ1) is 18.3. The zero-order chi connectivity index (χ0) is 19.0. The maximum absolute atomic E-state index is 13.3. The van der Waals surface area contributed by atoms with E-state index in [0.29, 0.717) is 11.6 Å². The van der Waals surface area contributed by atoms with Gasteiger partial charge in [0.25, 0.3) is 0 Å². The first-order valence-electron chi connectivity index (χ1n) is 8.94. The highest BCUT2D eigenvalue weighted by Gasteiger charge is 2.31. The second-order valence-corrected chi connectivity index (χ2v) is 8.41. The van der Waals surface area contributed by atoms with E-state index >= 15 is 0 Å². The number of likely N-dealkylation sites (tertiary alicyclic amines) is 1. The lowest BCUT2D eigenvalue weighted by Crippen LogP contribution is -2.46. The standard InChI is InChI=1S/C20H20ClN3O2S/c21-14-7-8-18-16(10-14)24(15-5-1-2-6-17(15)27-18)19(25)12-23-9-3-4-13(11-23)20(22)26/h1-2,5-8,10,13H,3-4,9,11-12H2,(H2,22,26)/t13-/m0/s1. The van der Waals surface area contributed by atoms with Gasteiger partial charge in [-0.05, 0) is 49.7 Å². The molecule has 0 spiro atoms. The van der Waals surface area contributed by atoms with Crippen LogP contribution < -0.4 is 10.6 Å². The molecule has 4 rings (SSSR count). The van der Waals surface area contributed by atoms with Gasteiger partial charge in [-0.15, -0.1) is 0 Å². The summed E-state index contributed by atoms with van der Waals surface area (Å²) in [5.41, 5.74) is 7.14. The molecule has 7 heteroatoms. The van der Waals surface area contributed by atoms with E-state index in [4.69, 9.17) is 17.3 Å². The van der Waals surface area contributed by atoms with Crippen LogP contribution in [0.25, 0.3) is 0 Å². The van der Waals surface area contributed by atoms with Crippen molar-refractivity contribution in [2.24, 2.45) is 11.7 Å². The van der Waals surface area contributed by atoms with Crippen LogP contribution in [0.15, 0.2) is 52.3 Å². The Morgan fingerprint density at radius 2 is 1.93 bits per heavy atom. The number of halogens is 1. The minimum absolute atomic E-state index is 0.0311. The average Bonchev–Trinajstić information content (AvgIpc) is 2.66. The molecule has 2 aliphatic heterocycles. The Morgan fingerprint density at radius 3 is 2.74 bits per heavy atom. The van der Waals surface area contributed by atoms with Gasteiger partial charge in [0.2, 0.25) is 11.8 Å². The van der Waals surface area contributed by atoms with Crippen LogP contribution in [0.1, 0.15) is 12.8 Å². The smallest absolute Gasteiger partial charge is 0.245 e. The third-order valence-corrected chi connectivity index (χ3v) is 6.37. The molecule has 2 aromatic rings. The summed E-state index contributed by atoms with van der Waals surface area (Å²) in [7, 11) is 0. The molecule has 5 nitrogen and oxygen atoms in total. The Labute approximate surface area is 167 Å². The maximum Gasteiger partial charge on any atom is 0.245 e. The summed E-state index contributed by atoms with van der Waals surface area (Å²) in [4.78, 5) is 30.6. The van der Waals surface area contributed by atoms with Crippen LogP contribution in [0, 0.1) is 5.92 Å². The maximum atomic E-state index is 13.3. The number of carbonyl (C=O) groups is 2. The van der Waals surface area contributed by atoms with Crippen LogP contribution in [-0.2, 0) is 9.59 Å². The Morgan fingerprint density at radius 1 is 1.15 bits per heavy atom. The largest absolute Gasteiger partial charge is 0.369 e. The van der Waals surface area contributed by atoms with Crippen LogP contribution in [0.2, 0.25) is 5.02 Å². The summed E-state index contributed by atoms with van der Waals surface area (Å²) in [5.74, 6) is -0.502. The summed E-state index contributed by atoms with van der Waals surface area (Å²) >= 11 is 7.85. The molecule has 27 heavy (non-hydrogen) atoms. The third-order valence-electron chi connectivity index (χ3n) is 5.00. The minimum atomic E-state index is -0.288. The van der Waals surface area contributed by atoms with E-state index in [1.54, 1.807) is 16.7 Å². The third kappa shape index (κ3) is 3.70. The SMILES string of the molecule is NC(=O)[C@H]1CCCN(CC(=O)N2c3ccccc3Sc3ccc(Cl)cc32)C1. The highest BCUT2D eigenvalue weighted by molar-refractivity contribution is 7.99. The molecule has 1 saturated heterocycles. The van der Waals surface area contributed by atoms with E-state index in [0.717, 1.165) is 40.6 Å². The fourth-order valence-corrected chi connectivity index (χ4v) is 4.89. The van der Waals surface area contributed by atoms with Crippen molar-refractivity contribution in [3.05, 3.63) is 47.5 Å². The van der Waals surface area contributed by atoms with Gasteiger partial charge in [-0.3, -0.25) is 19.4 Å². The molecule has 2 N–H and O–H groups in total. The van der Waals surface area contributed by atoms with Crippen molar-refractivity contribution in [2.45, 2.75) is 22.6 Å². The van der Waals surface area contributed by atoms with Crippen molar-refractivity contribution >= 4 is 46.6 Å². The van der Waals surface area contributed by atoms with Gasteiger partial charge in [0.15, 0.2) is 0 Å². The lowest BCUT2D eigenvalue weighted by Gasteiger charge is -2.35. The van der Waals surface area contributed by atoms with Crippen molar-refractivity contribution in [1.29, 1.82) is 0 Å². The second-order valence-electron chi connectivity index (χ2n) is 6.89. The van der Waals surface area contributed by atoms with Crippen molar-refractivity contribution in [2.75, 3.05) is 24.5 Å². The number of fused-ring (bicyclic) bond motifs is 2. The monoisotopic (exact) mass is 401 g/mol. The molecular formula is C20H20ClN3O2S. The van der Waals surface area contributed by atoms with E-state index in [2.05, 4.69) is 0 Å². The van der Waals surface area contributed by atoms with Gasteiger partial charge in [0.05, 0.1) is 23.8 Å². The molecule has 0 aliphatic carbocycles. The first-order valence-corrected chi connectivity index (χ1v) is 10.1. The van der Waals surface area contributed by atoms with E-state index in [9.17, 15) is 9.59 Å². The summed E-state index contributed by atoms with van der Waals surface area (Å²) in [6.07, 6.45) is 1.66. The van der Waals surface area contributed by atoms with Crippen LogP contribution in [0.4, 0.5) is 11.4 Å². The summed E-state index contributed by atoms with van der Waals surface area (Å²) in [5, 5.41) is 0.596. The number of anilines is 2.